The van der Waals surface area contributed by atoms with Crippen molar-refractivity contribution in [3.05, 3.63) is 24.3 Å². The topological polar surface area (TPSA) is 105 Å². The summed E-state index contributed by atoms with van der Waals surface area (Å²) in [6.07, 6.45) is 0.0841. The highest BCUT2D eigenvalue weighted by Gasteiger charge is 2.18. The molecule has 0 spiro atoms. The van der Waals surface area contributed by atoms with Gasteiger partial charge in [0.05, 0.1) is 4.90 Å². The molecule has 0 aliphatic rings. The van der Waals surface area contributed by atoms with E-state index in [9.17, 15) is 18.0 Å². The first-order chi connectivity index (χ1) is 11.9. The molecule has 8 nitrogen and oxygen atoms in total. The number of sulfonamides is 1. The molecule has 0 saturated carbocycles. The number of hydrogen-bond acceptors (Lipinski definition) is 5. The molecule has 2 N–H and O–H groups in total. The maximum absolute atomic E-state index is 12.1. The lowest BCUT2D eigenvalue weighted by molar-refractivity contribution is -0.116. The molecule has 26 heavy (non-hydrogen) atoms. The summed E-state index contributed by atoms with van der Waals surface area (Å²) in [7, 11) is -0.675. The number of benzene rings is 1. The molecule has 0 fully saturated rings. The number of amides is 2. The molecule has 0 atom stereocenters. The molecule has 0 radical (unpaired) electrons. The van der Waals surface area contributed by atoms with Crippen molar-refractivity contribution >= 4 is 27.7 Å². The van der Waals surface area contributed by atoms with Gasteiger partial charge in [-0.2, -0.15) is 0 Å². The van der Waals surface area contributed by atoms with E-state index in [0.29, 0.717) is 18.7 Å². The second kappa shape index (κ2) is 9.00. The first kappa shape index (κ1) is 21.9. The zero-order valence-corrected chi connectivity index (χ0v) is 16.6. The third-order valence-corrected chi connectivity index (χ3v) is 4.96. The molecule has 0 saturated heterocycles. The van der Waals surface area contributed by atoms with Gasteiger partial charge in [-0.25, -0.2) is 17.5 Å². The predicted octanol–water partition coefficient (Wildman–Crippen LogP) is 2.18. The van der Waals surface area contributed by atoms with Gasteiger partial charge in [-0.15, -0.1) is 0 Å². The second-order valence-corrected chi connectivity index (χ2v) is 9.05. The fraction of sp³-hybridized carbons (Fsp3) is 0.529. The van der Waals surface area contributed by atoms with Gasteiger partial charge in [0.25, 0.3) is 0 Å². The summed E-state index contributed by atoms with van der Waals surface area (Å²) in [5, 5.41) is 5.23. The van der Waals surface area contributed by atoms with Gasteiger partial charge in [0.15, 0.2) is 0 Å². The average Bonchev–Trinajstić information content (AvgIpc) is 2.50. The Kier molecular flexibility index (Phi) is 7.58. The van der Waals surface area contributed by atoms with Crippen molar-refractivity contribution in [3.63, 3.8) is 0 Å². The summed E-state index contributed by atoms with van der Waals surface area (Å²) in [5.74, 6) is -0.268. The molecular formula is C17H27N3O5S. The fourth-order valence-corrected chi connectivity index (χ4v) is 2.87. The highest BCUT2D eigenvalue weighted by molar-refractivity contribution is 7.89. The van der Waals surface area contributed by atoms with Gasteiger partial charge < -0.3 is 15.4 Å². The van der Waals surface area contributed by atoms with Crippen LogP contribution in [0.4, 0.5) is 10.5 Å². The SMILES string of the molecule is CN(C)S(=O)(=O)c1cccc(NC(=O)CCCNC(=O)OC(C)(C)C)c1. The van der Waals surface area contributed by atoms with Crippen LogP contribution >= 0.6 is 0 Å². The molecule has 0 aliphatic heterocycles. The molecule has 2 amide bonds. The van der Waals surface area contributed by atoms with Gasteiger partial charge in [0.2, 0.25) is 15.9 Å². The number of hydrogen-bond donors (Lipinski definition) is 2. The zero-order chi connectivity index (χ0) is 20.0. The molecule has 0 aliphatic carbocycles. The van der Waals surface area contributed by atoms with Crippen LogP contribution in [-0.2, 0) is 19.6 Å². The van der Waals surface area contributed by atoms with E-state index < -0.39 is 21.7 Å². The Morgan fingerprint density at radius 1 is 1.19 bits per heavy atom. The van der Waals surface area contributed by atoms with Gasteiger partial charge in [0, 0.05) is 32.7 Å². The van der Waals surface area contributed by atoms with Crippen LogP contribution in [0.5, 0.6) is 0 Å². The first-order valence-corrected chi connectivity index (χ1v) is 9.65. The van der Waals surface area contributed by atoms with Crippen molar-refractivity contribution in [1.82, 2.24) is 9.62 Å². The molecule has 1 rings (SSSR count). The predicted molar refractivity (Wildman–Crippen MR) is 99.4 cm³/mol. The van der Waals surface area contributed by atoms with Gasteiger partial charge in [-0.3, -0.25) is 4.79 Å². The Bertz CT molecular complexity index is 739. The summed E-state index contributed by atoms with van der Waals surface area (Å²) in [6, 6.07) is 6.06. The van der Waals surface area contributed by atoms with Crippen molar-refractivity contribution in [2.75, 3.05) is 26.0 Å². The summed E-state index contributed by atoms with van der Waals surface area (Å²) in [5.41, 5.74) is -0.169. The third kappa shape index (κ3) is 7.40. The van der Waals surface area contributed by atoms with Crippen LogP contribution in [0, 0.1) is 0 Å². The molecular weight excluding hydrogens is 358 g/mol. The first-order valence-electron chi connectivity index (χ1n) is 8.21. The van der Waals surface area contributed by atoms with E-state index in [1.165, 1.54) is 26.2 Å². The number of rotatable bonds is 7. The van der Waals surface area contributed by atoms with Crippen LogP contribution in [0.25, 0.3) is 0 Å². The lowest BCUT2D eigenvalue weighted by Gasteiger charge is -2.19. The van der Waals surface area contributed by atoms with Crippen LogP contribution < -0.4 is 10.6 Å². The number of nitrogens with zero attached hydrogens (tertiary/aromatic N) is 1. The minimum atomic E-state index is -3.56. The van der Waals surface area contributed by atoms with E-state index in [2.05, 4.69) is 10.6 Å². The Labute approximate surface area is 155 Å². The number of ether oxygens (including phenoxy) is 1. The minimum Gasteiger partial charge on any atom is -0.444 e. The average molecular weight is 385 g/mol. The maximum atomic E-state index is 12.1. The van der Waals surface area contributed by atoms with E-state index in [0.717, 1.165) is 4.31 Å². The Balaban J connectivity index is 2.48. The largest absolute Gasteiger partial charge is 0.444 e. The molecule has 146 valence electrons. The number of carbonyl (C=O) groups excluding carboxylic acids is 2. The van der Waals surface area contributed by atoms with Crippen LogP contribution in [0.15, 0.2) is 29.2 Å². The van der Waals surface area contributed by atoms with E-state index in [-0.39, 0.29) is 17.2 Å². The van der Waals surface area contributed by atoms with Crippen molar-refractivity contribution in [2.24, 2.45) is 0 Å². The molecule has 9 heteroatoms. The van der Waals surface area contributed by atoms with E-state index in [4.69, 9.17) is 4.74 Å². The maximum Gasteiger partial charge on any atom is 0.407 e. The Morgan fingerprint density at radius 2 is 1.85 bits per heavy atom. The van der Waals surface area contributed by atoms with Crippen LogP contribution in [-0.4, -0.2) is 51.0 Å². The summed E-state index contributed by atoms with van der Waals surface area (Å²) in [6.45, 7) is 5.61. The van der Waals surface area contributed by atoms with Crippen molar-refractivity contribution < 1.29 is 22.7 Å². The van der Waals surface area contributed by atoms with Gasteiger partial charge in [-0.05, 0) is 45.4 Å². The highest BCUT2D eigenvalue weighted by atomic mass is 32.2. The monoisotopic (exact) mass is 385 g/mol. The smallest absolute Gasteiger partial charge is 0.407 e. The minimum absolute atomic E-state index is 0.104. The van der Waals surface area contributed by atoms with Gasteiger partial charge in [-0.1, -0.05) is 6.07 Å². The quantitative estimate of drug-likeness (QED) is 0.700. The lowest BCUT2D eigenvalue weighted by Crippen LogP contribution is -2.33. The number of nitrogens with one attached hydrogen (secondary N) is 2. The summed E-state index contributed by atoms with van der Waals surface area (Å²) >= 11 is 0. The lowest BCUT2D eigenvalue weighted by atomic mass is 10.2. The van der Waals surface area contributed by atoms with E-state index >= 15 is 0 Å². The van der Waals surface area contributed by atoms with Crippen LogP contribution in [0.2, 0.25) is 0 Å². The van der Waals surface area contributed by atoms with E-state index in [1.54, 1.807) is 32.9 Å². The normalized spacial score (nSPS) is 11.9. The summed E-state index contributed by atoms with van der Waals surface area (Å²) < 4.78 is 30.4. The standard InChI is InChI=1S/C17H27N3O5S/c1-17(2,3)25-16(22)18-11-7-10-15(21)19-13-8-6-9-14(12-13)26(23,24)20(4)5/h6,8-9,12H,7,10-11H2,1-5H3,(H,18,22)(H,19,21). The zero-order valence-electron chi connectivity index (χ0n) is 15.8. The molecule has 0 bridgehead atoms. The van der Waals surface area contributed by atoms with Crippen LogP contribution in [0.1, 0.15) is 33.6 Å². The third-order valence-electron chi connectivity index (χ3n) is 3.15. The van der Waals surface area contributed by atoms with E-state index in [1.807, 2.05) is 0 Å². The number of anilines is 1. The molecule has 1 aromatic rings. The molecule has 0 unspecified atom stereocenters. The Morgan fingerprint density at radius 3 is 2.42 bits per heavy atom. The molecule has 0 aromatic heterocycles. The molecule has 0 heterocycles. The Hall–Kier alpha value is -2.13. The summed E-state index contributed by atoms with van der Waals surface area (Å²) in [4.78, 5) is 23.6. The number of alkyl carbamates (subject to hydrolysis) is 1. The van der Waals surface area contributed by atoms with Gasteiger partial charge in [0.1, 0.15) is 5.60 Å². The fourth-order valence-electron chi connectivity index (χ4n) is 1.92. The molecule has 1 aromatic carbocycles. The van der Waals surface area contributed by atoms with Crippen molar-refractivity contribution in [3.8, 4) is 0 Å². The van der Waals surface area contributed by atoms with Crippen molar-refractivity contribution in [1.29, 1.82) is 0 Å². The van der Waals surface area contributed by atoms with Crippen LogP contribution in [0.3, 0.4) is 0 Å². The number of carbonyl (C=O) groups is 2. The van der Waals surface area contributed by atoms with Crippen molar-refractivity contribution in [2.45, 2.75) is 44.1 Å². The second-order valence-electron chi connectivity index (χ2n) is 6.90. The van der Waals surface area contributed by atoms with Gasteiger partial charge >= 0.3 is 6.09 Å². The highest BCUT2D eigenvalue weighted by Crippen LogP contribution is 2.18.